The van der Waals surface area contributed by atoms with Crippen LogP contribution in [0.2, 0.25) is 0 Å². The molecule has 1 aromatic rings. The van der Waals surface area contributed by atoms with E-state index < -0.39 is 0 Å². The average Bonchev–Trinajstić information content (AvgIpc) is 2.69. The van der Waals surface area contributed by atoms with Crippen molar-refractivity contribution in [1.82, 2.24) is 5.32 Å². The summed E-state index contributed by atoms with van der Waals surface area (Å²) in [6.07, 6.45) is 3.83. The van der Waals surface area contributed by atoms with Crippen LogP contribution in [0.4, 0.5) is 0 Å². The van der Waals surface area contributed by atoms with Crippen LogP contribution < -0.4 is 5.32 Å². The fourth-order valence-corrected chi connectivity index (χ4v) is 2.60. The third-order valence-electron chi connectivity index (χ3n) is 2.83. The van der Waals surface area contributed by atoms with Crippen molar-refractivity contribution in [3.05, 3.63) is 22.4 Å². The van der Waals surface area contributed by atoms with Crippen LogP contribution in [-0.4, -0.2) is 12.6 Å². The van der Waals surface area contributed by atoms with Crippen molar-refractivity contribution in [1.29, 1.82) is 0 Å². The molecule has 0 fully saturated rings. The largest absolute Gasteiger partial charge is 0.314 e. The maximum Gasteiger partial charge on any atom is 0.00900 e. The van der Waals surface area contributed by atoms with Gasteiger partial charge in [0.25, 0.3) is 0 Å². The van der Waals surface area contributed by atoms with Crippen molar-refractivity contribution in [3.63, 3.8) is 0 Å². The van der Waals surface area contributed by atoms with Crippen LogP contribution >= 0.6 is 11.3 Å². The molecule has 0 aliphatic rings. The summed E-state index contributed by atoms with van der Waals surface area (Å²) in [4.78, 5) is 0. The normalized spacial score (nSPS) is 13.3. The summed E-state index contributed by atoms with van der Waals surface area (Å²) in [6.45, 7) is 7.88. The molecule has 0 aromatic carbocycles. The van der Waals surface area contributed by atoms with Crippen LogP contribution in [-0.2, 0) is 6.42 Å². The van der Waals surface area contributed by atoms with Gasteiger partial charge in [-0.05, 0) is 54.1 Å². The molecule has 2 heteroatoms. The molecule has 0 aliphatic carbocycles. The lowest BCUT2D eigenvalue weighted by Crippen LogP contribution is -2.33. The van der Waals surface area contributed by atoms with Crippen molar-refractivity contribution in [2.45, 2.75) is 46.1 Å². The Hall–Kier alpha value is -0.340. The molecule has 1 unspecified atom stereocenters. The quantitative estimate of drug-likeness (QED) is 0.746. The second kappa shape index (κ2) is 7.02. The van der Waals surface area contributed by atoms with E-state index in [9.17, 15) is 0 Å². The van der Waals surface area contributed by atoms with Gasteiger partial charge in [-0.25, -0.2) is 0 Å². The maximum atomic E-state index is 3.56. The molecule has 0 saturated heterocycles. The zero-order chi connectivity index (χ0) is 11.1. The number of hydrogen-bond donors (Lipinski definition) is 1. The molecule has 1 rings (SSSR count). The fourth-order valence-electron chi connectivity index (χ4n) is 1.89. The van der Waals surface area contributed by atoms with Gasteiger partial charge in [0.1, 0.15) is 0 Å². The number of rotatable bonds is 7. The molecular formula is C13H23NS. The first-order valence-corrected chi connectivity index (χ1v) is 6.92. The van der Waals surface area contributed by atoms with Crippen LogP contribution in [0.3, 0.4) is 0 Å². The Morgan fingerprint density at radius 3 is 2.73 bits per heavy atom. The van der Waals surface area contributed by atoms with E-state index in [0.717, 1.165) is 12.5 Å². The van der Waals surface area contributed by atoms with Crippen LogP contribution in [0.5, 0.6) is 0 Å². The first-order chi connectivity index (χ1) is 7.24. The summed E-state index contributed by atoms with van der Waals surface area (Å²) in [5.41, 5.74) is 1.50. The van der Waals surface area contributed by atoms with E-state index in [4.69, 9.17) is 0 Å². The summed E-state index contributed by atoms with van der Waals surface area (Å²) in [6, 6.07) is 2.93. The molecule has 1 heterocycles. The van der Waals surface area contributed by atoms with Gasteiger partial charge in [0.05, 0.1) is 0 Å². The maximum absolute atomic E-state index is 3.56. The zero-order valence-electron chi connectivity index (χ0n) is 10.1. The van der Waals surface area contributed by atoms with E-state index in [1.54, 1.807) is 11.3 Å². The van der Waals surface area contributed by atoms with Crippen LogP contribution in [0.1, 0.15) is 39.2 Å². The molecule has 0 amide bonds. The number of aryl methyl sites for hydroxylation is 1. The first kappa shape index (κ1) is 12.7. The number of nitrogens with one attached hydrogen (secondary N) is 1. The summed E-state index contributed by atoms with van der Waals surface area (Å²) in [5, 5.41) is 7.99. The van der Waals surface area contributed by atoms with Crippen molar-refractivity contribution in [3.8, 4) is 0 Å². The molecule has 86 valence electrons. The minimum absolute atomic E-state index is 0.689. The summed E-state index contributed by atoms with van der Waals surface area (Å²) >= 11 is 1.80. The van der Waals surface area contributed by atoms with Gasteiger partial charge in [0.2, 0.25) is 0 Å². The van der Waals surface area contributed by atoms with E-state index in [-0.39, 0.29) is 0 Å². The second-order valence-corrected chi connectivity index (χ2v) is 5.21. The second-order valence-electron chi connectivity index (χ2n) is 4.43. The molecule has 0 spiro atoms. The molecule has 0 bridgehead atoms. The Labute approximate surface area is 97.9 Å². The van der Waals surface area contributed by atoms with Crippen molar-refractivity contribution >= 4 is 11.3 Å². The lowest BCUT2D eigenvalue weighted by molar-refractivity contribution is 0.377. The van der Waals surface area contributed by atoms with Crippen molar-refractivity contribution in [2.75, 3.05) is 6.54 Å². The minimum atomic E-state index is 0.689. The molecule has 0 aliphatic heterocycles. The predicted octanol–water partition coefficient (Wildman–Crippen LogP) is 3.70. The molecule has 15 heavy (non-hydrogen) atoms. The van der Waals surface area contributed by atoms with E-state index in [0.29, 0.717) is 6.04 Å². The van der Waals surface area contributed by atoms with Gasteiger partial charge in [0, 0.05) is 6.04 Å². The Morgan fingerprint density at radius 2 is 2.20 bits per heavy atom. The highest BCUT2D eigenvalue weighted by Gasteiger charge is 2.10. The van der Waals surface area contributed by atoms with E-state index in [1.807, 2.05) is 0 Å². The van der Waals surface area contributed by atoms with Gasteiger partial charge in [-0.15, -0.1) is 0 Å². The van der Waals surface area contributed by atoms with Gasteiger partial charge in [-0.1, -0.05) is 20.8 Å². The Bertz CT molecular complexity index is 241. The fraction of sp³-hybridized carbons (Fsp3) is 0.692. The topological polar surface area (TPSA) is 12.0 Å². The van der Waals surface area contributed by atoms with Gasteiger partial charge >= 0.3 is 0 Å². The smallest absolute Gasteiger partial charge is 0.00900 e. The number of hydrogen-bond acceptors (Lipinski definition) is 2. The Balaban J connectivity index is 2.22. The summed E-state index contributed by atoms with van der Waals surface area (Å²) < 4.78 is 0. The highest BCUT2D eigenvalue weighted by atomic mass is 32.1. The van der Waals surface area contributed by atoms with Crippen LogP contribution in [0, 0.1) is 5.92 Å². The van der Waals surface area contributed by atoms with E-state index >= 15 is 0 Å². The van der Waals surface area contributed by atoms with Crippen LogP contribution in [0.25, 0.3) is 0 Å². The molecule has 0 saturated carbocycles. The third-order valence-corrected chi connectivity index (χ3v) is 3.56. The Kier molecular flexibility index (Phi) is 5.96. The number of thiophene rings is 1. The molecule has 1 atom stereocenters. The lowest BCUT2D eigenvalue weighted by Gasteiger charge is -2.21. The highest BCUT2D eigenvalue weighted by molar-refractivity contribution is 7.07. The van der Waals surface area contributed by atoms with Gasteiger partial charge in [-0.3, -0.25) is 0 Å². The van der Waals surface area contributed by atoms with E-state index in [2.05, 4.69) is 42.9 Å². The van der Waals surface area contributed by atoms with Gasteiger partial charge in [-0.2, -0.15) is 11.3 Å². The third kappa shape index (κ3) is 4.80. The molecular weight excluding hydrogens is 202 g/mol. The molecule has 1 N–H and O–H groups in total. The predicted molar refractivity (Wildman–Crippen MR) is 69.6 cm³/mol. The molecule has 1 nitrogen and oxygen atoms in total. The summed E-state index contributed by atoms with van der Waals surface area (Å²) in [7, 11) is 0. The molecule has 0 radical (unpaired) electrons. The van der Waals surface area contributed by atoms with Crippen molar-refractivity contribution in [2.24, 2.45) is 5.92 Å². The average molecular weight is 225 g/mol. The standard InChI is InChI=1S/C13H23NS/c1-4-14-13(11(2)3)7-5-6-12-8-9-15-10-12/h8-11,13-14H,4-7H2,1-3H3. The molecule has 1 aromatic heterocycles. The summed E-state index contributed by atoms with van der Waals surface area (Å²) in [5.74, 6) is 0.743. The first-order valence-electron chi connectivity index (χ1n) is 5.98. The highest BCUT2D eigenvalue weighted by Crippen LogP contribution is 2.13. The van der Waals surface area contributed by atoms with Crippen LogP contribution in [0.15, 0.2) is 16.8 Å². The lowest BCUT2D eigenvalue weighted by atomic mass is 9.97. The van der Waals surface area contributed by atoms with Gasteiger partial charge < -0.3 is 5.32 Å². The monoisotopic (exact) mass is 225 g/mol. The van der Waals surface area contributed by atoms with Gasteiger partial charge in [0.15, 0.2) is 0 Å². The van der Waals surface area contributed by atoms with Crippen molar-refractivity contribution < 1.29 is 0 Å². The SMILES string of the molecule is CCNC(CCCc1ccsc1)C(C)C. The minimum Gasteiger partial charge on any atom is -0.314 e. The van der Waals surface area contributed by atoms with E-state index in [1.165, 1.54) is 24.8 Å². The Morgan fingerprint density at radius 1 is 1.40 bits per heavy atom. The zero-order valence-corrected chi connectivity index (χ0v) is 10.9.